The molecule has 1 heterocycles. The second-order valence-electron chi connectivity index (χ2n) is 6.98. The molecule has 0 fully saturated rings. The number of imidazole rings is 1. The molecule has 0 aliphatic carbocycles. The van der Waals surface area contributed by atoms with Crippen molar-refractivity contribution in [3.63, 3.8) is 0 Å². The van der Waals surface area contributed by atoms with Gasteiger partial charge >= 0.3 is 0 Å². The Morgan fingerprint density at radius 2 is 1.30 bits per heavy atom. The van der Waals surface area contributed by atoms with Crippen LogP contribution in [-0.4, -0.2) is 4.57 Å². The first-order chi connectivity index (χ1) is 11.3. The van der Waals surface area contributed by atoms with E-state index in [2.05, 4.69) is 42.3 Å². The summed E-state index contributed by atoms with van der Waals surface area (Å²) < 4.78 is 4.96. The Hall–Kier alpha value is -0.790. The Kier molecular flexibility index (Phi) is 12.0. The fourth-order valence-electron chi connectivity index (χ4n) is 3.40. The molecule has 0 aliphatic rings. The quantitative estimate of drug-likeness (QED) is 0.274. The van der Waals surface area contributed by atoms with Gasteiger partial charge in [-0.1, -0.05) is 71.6 Å². The summed E-state index contributed by atoms with van der Waals surface area (Å²) in [6, 6.07) is 0. The Labute approximate surface area is 145 Å². The smallest absolute Gasteiger partial charge is 0.235 e. The van der Waals surface area contributed by atoms with Crippen molar-refractivity contribution in [1.82, 2.24) is 4.57 Å². The van der Waals surface area contributed by atoms with Crippen molar-refractivity contribution >= 4 is 0 Å². The first-order valence-electron chi connectivity index (χ1n) is 10.4. The van der Waals surface area contributed by atoms with Crippen LogP contribution in [0.5, 0.6) is 0 Å². The monoisotopic (exact) mass is 321 g/mol. The van der Waals surface area contributed by atoms with Crippen LogP contribution >= 0.6 is 0 Å². The summed E-state index contributed by atoms with van der Waals surface area (Å²) in [5, 5.41) is 0. The van der Waals surface area contributed by atoms with E-state index in [0.717, 1.165) is 6.54 Å². The molecule has 1 aromatic heterocycles. The molecule has 0 bridgehead atoms. The maximum absolute atomic E-state index is 2.51. The molecule has 0 radical (unpaired) electrons. The van der Waals surface area contributed by atoms with Gasteiger partial charge in [0.05, 0.1) is 13.1 Å². The van der Waals surface area contributed by atoms with Gasteiger partial charge in [-0.25, -0.2) is 9.13 Å². The van der Waals surface area contributed by atoms with Crippen LogP contribution in [0.25, 0.3) is 0 Å². The van der Waals surface area contributed by atoms with Gasteiger partial charge in [0.25, 0.3) is 5.82 Å². The molecule has 0 saturated carbocycles. The molecule has 0 aliphatic heterocycles. The molecule has 0 atom stereocenters. The van der Waals surface area contributed by atoms with Crippen molar-refractivity contribution in [1.29, 1.82) is 0 Å². The van der Waals surface area contributed by atoms with Crippen molar-refractivity contribution in [3.8, 4) is 0 Å². The first-order valence-corrected chi connectivity index (χ1v) is 10.4. The molecule has 2 heteroatoms. The Morgan fingerprint density at radius 3 is 1.91 bits per heavy atom. The fourth-order valence-corrected chi connectivity index (χ4v) is 3.40. The van der Waals surface area contributed by atoms with Gasteiger partial charge in [0, 0.05) is 6.42 Å². The minimum Gasteiger partial charge on any atom is -0.235 e. The van der Waals surface area contributed by atoms with E-state index in [9.17, 15) is 0 Å². The van der Waals surface area contributed by atoms with Crippen LogP contribution in [0, 0.1) is 0 Å². The lowest BCUT2D eigenvalue weighted by molar-refractivity contribution is -0.704. The van der Waals surface area contributed by atoms with E-state index in [1.165, 1.54) is 90.0 Å². The number of hydrogen-bond donors (Lipinski definition) is 0. The first kappa shape index (κ1) is 20.3. The van der Waals surface area contributed by atoms with Crippen molar-refractivity contribution in [2.75, 3.05) is 0 Å². The van der Waals surface area contributed by atoms with E-state index >= 15 is 0 Å². The second-order valence-corrected chi connectivity index (χ2v) is 6.98. The summed E-state index contributed by atoms with van der Waals surface area (Å²) in [6.07, 6.45) is 22.5. The zero-order valence-corrected chi connectivity index (χ0v) is 16.2. The molecule has 0 unspecified atom stereocenters. The number of hydrogen-bond acceptors (Lipinski definition) is 0. The maximum Gasteiger partial charge on any atom is 0.256 e. The number of aryl methyl sites for hydroxylation is 2. The predicted molar refractivity (Wildman–Crippen MR) is 101 cm³/mol. The minimum absolute atomic E-state index is 1.11. The molecule has 2 nitrogen and oxygen atoms in total. The van der Waals surface area contributed by atoms with E-state index in [1.54, 1.807) is 5.82 Å². The highest BCUT2D eigenvalue weighted by Crippen LogP contribution is 2.11. The summed E-state index contributed by atoms with van der Waals surface area (Å²) in [7, 11) is 0. The van der Waals surface area contributed by atoms with E-state index in [4.69, 9.17) is 0 Å². The Balaban J connectivity index is 2.26. The largest absolute Gasteiger partial charge is 0.256 e. The average Bonchev–Trinajstić information content (AvgIpc) is 2.96. The number of rotatable bonds is 15. The number of aromatic nitrogens is 2. The highest BCUT2D eigenvalue weighted by Gasteiger charge is 2.15. The number of unbranched alkanes of at least 4 members (excludes halogenated alkanes) is 10. The van der Waals surface area contributed by atoms with Crippen LogP contribution in [0.3, 0.4) is 0 Å². The van der Waals surface area contributed by atoms with Crippen LogP contribution in [0.4, 0.5) is 0 Å². The average molecular weight is 322 g/mol. The van der Waals surface area contributed by atoms with Gasteiger partial charge in [0.2, 0.25) is 0 Å². The SMILES string of the molecule is CCCCCCCCCCc1n(CC)cc[n+]1CCCCCC. The molecule has 0 aromatic carbocycles. The third kappa shape index (κ3) is 8.58. The van der Waals surface area contributed by atoms with E-state index in [-0.39, 0.29) is 0 Å². The number of nitrogens with zero attached hydrogens (tertiary/aromatic N) is 2. The van der Waals surface area contributed by atoms with Crippen LogP contribution in [-0.2, 0) is 19.5 Å². The normalized spacial score (nSPS) is 11.3. The van der Waals surface area contributed by atoms with E-state index < -0.39 is 0 Å². The summed E-state index contributed by atoms with van der Waals surface area (Å²) in [6.45, 7) is 9.15. The van der Waals surface area contributed by atoms with E-state index in [0.29, 0.717) is 0 Å². The van der Waals surface area contributed by atoms with Gasteiger partial charge in [0.15, 0.2) is 0 Å². The summed E-state index contributed by atoms with van der Waals surface area (Å²) >= 11 is 0. The third-order valence-corrected chi connectivity index (χ3v) is 4.94. The maximum atomic E-state index is 2.51. The summed E-state index contributed by atoms with van der Waals surface area (Å²) in [5.74, 6) is 1.55. The molecule has 23 heavy (non-hydrogen) atoms. The lowest BCUT2D eigenvalue weighted by Crippen LogP contribution is -2.37. The standard InChI is InChI=1S/C21H41N2/c1-4-7-9-11-12-13-14-15-17-21-22(6-3)19-20-23(21)18-16-10-8-5-2/h19-20H,4-18H2,1-3H3/q+1. The van der Waals surface area contributed by atoms with Crippen molar-refractivity contribution in [2.45, 2.75) is 117 Å². The molecule has 134 valence electrons. The van der Waals surface area contributed by atoms with Gasteiger partial charge < -0.3 is 0 Å². The van der Waals surface area contributed by atoms with E-state index in [1.807, 2.05) is 0 Å². The van der Waals surface area contributed by atoms with Crippen molar-refractivity contribution in [3.05, 3.63) is 18.2 Å². The van der Waals surface area contributed by atoms with Gasteiger partial charge in [-0.05, 0) is 26.2 Å². The van der Waals surface area contributed by atoms with Crippen molar-refractivity contribution in [2.24, 2.45) is 0 Å². The molecule has 1 aromatic rings. The zero-order chi connectivity index (χ0) is 16.8. The van der Waals surface area contributed by atoms with Crippen LogP contribution < -0.4 is 4.57 Å². The van der Waals surface area contributed by atoms with Crippen molar-refractivity contribution < 1.29 is 4.57 Å². The second kappa shape index (κ2) is 13.6. The molecular formula is C21H41N2+. The highest BCUT2D eigenvalue weighted by molar-refractivity contribution is 4.83. The molecule has 1 rings (SSSR count). The summed E-state index contributed by atoms with van der Waals surface area (Å²) in [4.78, 5) is 0. The Bertz CT molecular complexity index is 381. The van der Waals surface area contributed by atoms with Crippen LogP contribution in [0.2, 0.25) is 0 Å². The lowest BCUT2D eigenvalue weighted by Gasteiger charge is -2.05. The Morgan fingerprint density at radius 1 is 0.739 bits per heavy atom. The predicted octanol–water partition coefficient (Wildman–Crippen LogP) is 6.06. The fraction of sp³-hybridized carbons (Fsp3) is 0.857. The van der Waals surface area contributed by atoms with Gasteiger partial charge in [0.1, 0.15) is 12.4 Å². The van der Waals surface area contributed by atoms with Crippen LogP contribution in [0.1, 0.15) is 104 Å². The molecule has 0 saturated heterocycles. The molecule has 0 spiro atoms. The van der Waals surface area contributed by atoms with Gasteiger partial charge in [-0.2, -0.15) is 0 Å². The third-order valence-electron chi connectivity index (χ3n) is 4.94. The highest BCUT2D eigenvalue weighted by atomic mass is 15.1. The van der Waals surface area contributed by atoms with Gasteiger partial charge in [-0.3, -0.25) is 0 Å². The molecule has 0 N–H and O–H groups in total. The zero-order valence-electron chi connectivity index (χ0n) is 16.2. The topological polar surface area (TPSA) is 8.81 Å². The minimum atomic E-state index is 1.11. The molecular weight excluding hydrogens is 280 g/mol. The lowest BCUT2D eigenvalue weighted by atomic mass is 10.1. The molecule has 0 amide bonds. The van der Waals surface area contributed by atoms with Crippen LogP contribution in [0.15, 0.2) is 12.4 Å². The summed E-state index contributed by atoms with van der Waals surface area (Å²) in [5.41, 5.74) is 0. The van der Waals surface area contributed by atoms with Gasteiger partial charge in [-0.15, -0.1) is 0 Å².